The van der Waals surface area contributed by atoms with Gasteiger partial charge in [-0.2, -0.15) is 0 Å². The summed E-state index contributed by atoms with van der Waals surface area (Å²) in [4.78, 5) is 8.83. The van der Waals surface area contributed by atoms with E-state index in [9.17, 15) is 0 Å². The van der Waals surface area contributed by atoms with Crippen LogP contribution < -0.4 is 5.73 Å². The molecule has 1 aliphatic heterocycles. The van der Waals surface area contributed by atoms with Gasteiger partial charge in [-0.1, -0.05) is 27.7 Å². The third-order valence-corrected chi connectivity index (χ3v) is 5.42. The van der Waals surface area contributed by atoms with Crippen LogP contribution in [0.4, 0.5) is 0 Å². The maximum absolute atomic E-state index is 6.48. The lowest BCUT2D eigenvalue weighted by molar-refractivity contribution is 0.228. The van der Waals surface area contributed by atoms with Crippen molar-refractivity contribution in [1.82, 2.24) is 9.88 Å². The van der Waals surface area contributed by atoms with E-state index >= 15 is 0 Å². The number of thiazole rings is 1. The van der Waals surface area contributed by atoms with E-state index in [1.54, 1.807) is 0 Å². The topological polar surface area (TPSA) is 42.1 Å². The van der Waals surface area contributed by atoms with Crippen LogP contribution in [0.25, 0.3) is 0 Å². The molecule has 3 nitrogen and oxygen atoms in total. The van der Waals surface area contributed by atoms with Gasteiger partial charge in [-0.25, -0.2) is 4.98 Å². The number of hydrogen-bond acceptors (Lipinski definition) is 4. The molecule has 0 spiro atoms. The van der Waals surface area contributed by atoms with E-state index in [0.717, 1.165) is 43.3 Å². The van der Waals surface area contributed by atoms with Crippen LogP contribution in [0.3, 0.4) is 0 Å². The van der Waals surface area contributed by atoms with E-state index < -0.39 is 0 Å². The highest BCUT2D eigenvalue weighted by molar-refractivity contribution is 7.11. The lowest BCUT2D eigenvalue weighted by Gasteiger charge is -2.27. The Hall–Kier alpha value is -0.450. The largest absolute Gasteiger partial charge is 0.319 e. The fraction of sp³-hybridized carbons (Fsp3) is 0.800. The molecule has 0 aromatic carbocycles. The van der Waals surface area contributed by atoms with Gasteiger partial charge in [0.25, 0.3) is 0 Å². The molecule has 0 amide bonds. The Bertz CT molecular complexity index is 421. The zero-order valence-corrected chi connectivity index (χ0v) is 13.5. The molecule has 0 fully saturated rings. The lowest BCUT2D eigenvalue weighted by Crippen LogP contribution is -2.35. The molecule has 0 radical (unpaired) electrons. The predicted molar refractivity (Wildman–Crippen MR) is 82.4 cm³/mol. The maximum Gasteiger partial charge on any atom is 0.113 e. The minimum atomic E-state index is -0.217. The van der Waals surface area contributed by atoms with E-state index in [4.69, 9.17) is 10.7 Å². The van der Waals surface area contributed by atoms with Gasteiger partial charge < -0.3 is 5.73 Å². The van der Waals surface area contributed by atoms with Gasteiger partial charge in [-0.3, -0.25) is 4.90 Å². The summed E-state index contributed by atoms with van der Waals surface area (Å²) in [7, 11) is 0. The van der Waals surface area contributed by atoms with Crippen LogP contribution in [0.2, 0.25) is 0 Å². The summed E-state index contributed by atoms with van der Waals surface area (Å²) in [5.74, 6) is 0.730. The quantitative estimate of drug-likeness (QED) is 0.901. The molecule has 0 saturated carbocycles. The highest BCUT2D eigenvalue weighted by Gasteiger charge is 2.30. The molecule has 0 saturated heterocycles. The molecule has 19 heavy (non-hydrogen) atoms. The smallest absolute Gasteiger partial charge is 0.113 e. The zero-order valence-electron chi connectivity index (χ0n) is 12.7. The number of rotatable bonds is 5. The van der Waals surface area contributed by atoms with Gasteiger partial charge in [-0.05, 0) is 18.8 Å². The maximum atomic E-state index is 6.48. The Morgan fingerprint density at radius 3 is 2.63 bits per heavy atom. The van der Waals surface area contributed by atoms with Gasteiger partial charge in [0.05, 0.1) is 11.2 Å². The van der Waals surface area contributed by atoms with Crippen LogP contribution in [0.15, 0.2) is 0 Å². The van der Waals surface area contributed by atoms with Crippen molar-refractivity contribution >= 4 is 11.3 Å². The molecule has 2 N–H and O–H groups in total. The van der Waals surface area contributed by atoms with Crippen molar-refractivity contribution in [3.63, 3.8) is 0 Å². The second-order valence-corrected chi connectivity index (χ2v) is 7.21. The van der Waals surface area contributed by atoms with Gasteiger partial charge in [0.15, 0.2) is 0 Å². The average Bonchev–Trinajstić information content (AvgIpc) is 2.80. The van der Waals surface area contributed by atoms with Gasteiger partial charge in [0.1, 0.15) is 5.01 Å². The van der Waals surface area contributed by atoms with Gasteiger partial charge in [0, 0.05) is 30.9 Å². The normalized spacial score (nSPS) is 16.9. The number of nitrogens with two attached hydrogens (primary N) is 1. The lowest BCUT2D eigenvalue weighted by atomic mass is 9.95. The molecule has 0 unspecified atom stereocenters. The molecule has 1 aliphatic rings. The van der Waals surface area contributed by atoms with E-state index in [1.807, 2.05) is 11.3 Å². The first kappa shape index (κ1) is 14.9. The molecular formula is C15H27N3S. The Morgan fingerprint density at radius 1 is 1.37 bits per heavy atom. The minimum Gasteiger partial charge on any atom is -0.319 e. The van der Waals surface area contributed by atoms with Crippen molar-refractivity contribution in [2.45, 2.75) is 59.0 Å². The highest BCUT2D eigenvalue weighted by atomic mass is 32.1. The SMILES string of the molecule is CCC(N)(CC)c1nc2c(s1)CN(CC(C)C)CC2. The Balaban J connectivity index is 2.16. The molecule has 1 aromatic rings. The predicted octanol–water partition coefficient (Wildman–Crippen LogP) is 3.13. The van der Waals surface area contributed by atoms with Crippen LogP contribution in [-0.4, -0.2) is 23.0 Å². The monoisotopic (exact) mass is 281 g/mol. The van der Waals surface area contributed by atoms with Crippen molar-refractivity contribution < 1.29 is 0 Å². The van der Waals surface area contributed by atoms with Gasteiger partial charge >= 0.3 is 0 Å². The number of fused-ring (bicyclic) bond motifs is 1. The van der Waals surface area contributed by atoms with Gasteiger partial charge in [0.2, 0.25) is 0 Å². The fourth-order valence-corrected chi connectivity index (χ4v) is 4.08. The minimum absolute atomic E-state index is 0.217. The van der Waals surface area contributed by atoms with Crippen LogP contribution in [0.1, 0.15) is 56.1 Å². The first-order valence-corrected chi connectivity index (χ1v) is 8.30. The summed E-state index contributed by atoms with van der Waals surface area (Å²) >= 11 is 1.84. The second-order valence-electron chi connectivity index (χ2n) is 6.13. The second kappa shape index (κ2) is 5.90. The Morgan fingerprint density at radius 2 is 2.05 bits per heavy atom. The van der Waals surface area contributed by atoms with Gasteiger partial charge in [-0.15, -0.1) is 11.3 Å². The molecule has 2 heterocycles. The van der Waals surface area contributed by atoms with E-state index in [2.05, 4.69) is 32.6 Å². The highest BCUT2D eigenvalue weighted by Crippen LogP contribution is 2.34. The van der Waals surface area contributed by atoms with Crippen LogP contribution >= 0.6 is 11.3 Å². The number of hydrogen-bond donors (Lipinski definition) is 1. The molecular weight excluding hydrogens is 254 g/mol. The molecule has 0 bridgehead atoms. The molecule has 0 atom stereocenters. The average molecular weight is 281 g/mol. The zero-order chi connectivity index (χ0) is 14.0. The number of nitrogens with zero attached hydrogens (tertiary/aromatic N) is 2. The Kier molecular flexibility index (Phi) is 4.64. The van der Waals surface area contributed by atoms with Crippen LogP contribution in [-0.2, 0) is 18.5 Å². The molecule has 1 aromatic heterocycles. The van der Waals surface area contributed by atoms with Crippen LogP contribution in [0.5, 0.6) is 0 Å². The van der Waals surface area contributed by atoms with Crippen molar-refractivity contribution in [3.05, 3.63) is 15.6 Å². The standard InChI is InChI=1S/C15H27N3S/c1-5-15(16,6-2)14-17-12-7-8-18(9-11(3)4)10-13(12)19-14/h11H,5-10,16H2,1-4H3. The summed E-state index contributed by atoms with van der Waals surface area (Å²) < 4.78 is 0. The third kappa shape index (κ3) is 3.18. The summed E-state index contributed by atoms with van der Waals surface area (Å²) in [6, 6.07) is 0. The van der Waals surface area contributed by atoms with Crippen LogP contribution in [0, 0.1) is 5.92 Å². The summed E-state index contributed by atoms with van der Waals surface area (Å²) in [5.41, 5.74) is 7.56. The summed E-state index contributed by atoms with van der Waals surface area (Å²) in [6.07, 6.45) is 3.01. The first-order valence-electron chi connectivity index (χ1n) is 7.48. The number of aromatic nitrogens is 1. The fourth-order valence-electron chi connectivity index (χ4n) is 2.69. The molecule has 2 rings (SSSR count). The third-order valence-electron chi connectivity index (χ3n) is 4.12. The Labute approximate surface area is 121 Å². The van der Waals surface area contributed by atoms with Crippen molar-refractivity contribution in [3.8, 4) is 0 Å². The molecule has 108 valence electrons. The van der Waals surface area contributed by atoms with Crippen molar-refractivity contribution in [2.75, 3.05) is 13.1 Å². The van der Waals surface area contributed by atoms with E-state index in [0.29, 0.717) is 0 Å². The molecule has 0 aliphatic carbocycles. The molecule has 4 heteroatoms. The van der Waals surface area contributed by atoms with E-state index in [1.165, 1.54) is 17.1 Å². The first-order chi connectivity index (χ1) is 8.98. The van der Waals surface area contributed by atoms with Crippen molar-refractivity contribution in [1.29, 1.82) is 0 Å². The van der Waals surface area contributed by atoms with E-state index in [-0.39, 0.29) is 5.54 Å². The van der Waals surface area contributed by atoms with Crippen molar-refractivity contribution in [2.24, 2.45) is 11.7 Å². The summed E-state index contributed by atoms with van der Waals surface area (Å²) in [5, 5.41) is 1.15. The summed E-state index contributed by atoms with van der Waals surface area (Å²) in [6.45, 7) is 12.3.